The molecule has 0 aliphatic rings. The van der Waals surface area contributed by atoms with Gasteiger partial charge in [-0.25, -0.2) is 4.79 Å². The lowest BCUT2D eigenvalue weighted by molar-refractivity contribution is 0.101. The van der Waals surface area contributed by atoms with Crippen LogP contribution in [0.4, 0.5) is 0 Å². The van der Waals surface area contributed by atoms with Crippen molar-refractivity contribution in [3.8, 4) is 5.75 Å². The minimum absolute atomic E-state index is 0.0728. The minimum atomic E-state index is -0.503. The summed E-state index contributed by atoms with van der Waals surface area (Å²) in [5.41, 5.74) is 0.713. The van der Waals surface area contributed by atoms with Gasteiger partial charge in [0.25, 0.3) is 0 Å². The van der Waals surface area contributed by atoms with E-state index in [-0.39, 0.29) is 23.5 Å². The molecule has 1 heterocycles. The number of ketones is 1. The quantitative estimate of drug-likeness (QED) is 0.640. The van der Waals surface area contributed by atoms with Gasteiger partial charge in [0, 0.05) is 16.5 Å². The van der Waals surface area contributed by atoms with Crippen LogP contribution >= 0.6 is 11.6 Å². The third kappa shape index (κ3) is 2.75. The van der Waals surface area contributed by atoms with Gasteiger partial charge >= 0.3 is 5.63 Å². The average Bonchev–Trinajstić information content (AvgIpc) is 2.34. The smallest absolute Gasteiger partial charge is 0.336 e. The van der Waals surface area contributed by atoms with Gasteiger partial charge in [-0.2, -0.15) is 0 Å². The van der Waals surface area contributed by atoms with Crippen molar-refractivity contribution in [1.82, 2.24) is 0 Å². The fourth-order valence-electron chi connectivity index (χ4n) is 1.98. The van der Waals surface area contributed by atoms with E-state index in [4.69, 9.17) is 20.8 Å². The Kier molecular flexibility index (Phi) is 3.95. The molecule has 20 heavy (non-hydrogen) atoms. The van der Waals surface area contributed by atoms with Crippen LogP contribution < -0.4 is 10.4 Å². The van der Waals surface area contributed by atoms with Crippen LogP contribution in [0.3, 0.4) is 0 Å². The number of carbonyl (C=O) groups excluding carboxylic acids is 1. The normalized spacial score (nSPS) is 10.6. The molecule has 0 fully saturated rings. The zero-order chi connectivity index (χ0) is 14.9. The highest BCUT2D eigenvalue weighted by molar-refractivity contribution is 6.29. The highest BCUT2D eigenvalue weighted by Gasteiger charge is 2.17. The summed E-state index contributed by atoms with van der Waals surface area (Å²) in [5.74, 6) is 0.0695. The molecule has 0 amide bonds. The molecule has 2 aromatic rings. The molecule has 0 atom stereocenters. The molecule has 0 saturated heterocycles. The fourth-order valence-corrected chi connectivity index (χ4v) is 2.03. The van der Waals surface area contributed by atoms with Crippen LogP contribution in [-0.2, 0) is 0 Å². The molecule has 0 unspecified atom stereocenters. The number of fused-ring (bicyclic) bond motifs is 1. The SMILES string of the molecule is C=C(Cl)COc1ccc2c(C)cc(=O)oc2c1C(C)=O. The van der Waals surface area contributed by atoms with Gasteiger partial charge in [-0.15, -0.1) is 0 Å². The van der Waals surface area contributed by atoms with Crippen LogP contribution in [0, 0.1) is 6.92 Å². The van der Waals surface area contributed by atoms with E-state index in [0.717, 1.165) is 5.56 Å². The Bertz CT molecular complexity index is 758. The van der Waals surface area contributed by atoms with Crippen molar-refractivity contribution in [2.24, 2.45) is 0 Å². The highest BCUT2D eigenvalue weighted by atomic mass is 35.5. The predicted octanol–water partition coefficient (Wildman–Crippen LogP) is 3.44. The highest BCUT2D eigenvalue weighted by Crippen LogP contribution is 2.29. The molecule has 0 N–H and O–H groups in total. The number of Topliss-reactive ketones (excluding diaryl/α,β-unsaturated/α-hetero) is 1. The van der Waals surface area contributed by atoms with E-state index in [9.17, 15) is 9.59 Å². The number of rotatable bonds is 4. The van der Waals surface area contributed by atoms with Gasteiger partial charge in [0.2, 0.25) is 0 Å². The number of aryl methyl sites for hydroxylation is 1. The fraction of sp³-hybridized carbons (Fsp3) is 0.200. The zero-order valence-electron chi connectivity index (χ0n) is 11.2. The number of hydrogen-bond acceptors (Lipinski definition) is 4. The van der Waals surface area contributed by atoms with Crippen molar-refractivity contribution in [3.63, 3.8) is 0 Å². The van der Waals surface area contributed by atoms with Crippen LogP contribution in [-0.4, -0.2) is 12.4 Å². The second-order valence-electron chi connectivity index (χ2n) is 4.43. The third-order valence-corrected chi connectivity index (χ3v) is 2.93. The Morgan fingerprint density at radius 2 is 2.15 bits per heavy atom. The van der Waals surface area contributed by atoms with Crippen molar-refractivity contribution >= 4 is 28.4 Å². The number of halogens is 1. The van der Waals surface area contributed by atoms with Crippen LogP contribution in [0.15, 0.2) is 39.0 Å². The molecular weight excluding hydrogens is 280 g/mol. The van der Waals surface area contributed by atoms with E-state index in [1.165, 1.54) is 13.0 Å². The Morgan fingerprint density at radius 3 is 2.75 bits per heavy atom. The van der Waals surface area contributed by atoms with Crippen LogP contribution in [0.5, 0.6) is 5.75 Å². The second kappa shape index (κ2) is 5.51. The Balaban J connectivity index is 2.71. The van der Waals surface area contributed by atoms with Gasteiger partial charge < -0.3 is 9.15 Å². The van der Waals surface area contributed by atoms with Gasteiger partial charge in [-0.05, 0) is 31.5 Å². The maximum absolute atomic E-state index is 11.9. The first-order valence-corrected chi connectivity index (χ1v) is 6.32. The first-order valence-electron chi connectivity index (χ1n) is 5.94. The van der Waals surface area contributed by atoms with Gasteiger partial charge in [-0.1, -0.05) is 18.2 Å². The summed E-state index contributed by atoms with van der Waals surface area (Å²) < 4.78 is 10.6. The molecule has 0 aliphatic heterocycles. The molecule has 1 aromatic heterocycles. The van der Waals surface area contributed by atoms with E-state index in [1.54, 1.807) is 19.1 Å². The van der Waals surface area contributed by atoms with Crippen molar-refractivity contribution in [3.05, 3.63) is 51.4 Å². The van der Waals surface area contributed by atoms with Crippen LogP contribution in [0.25, 0.3) is 11.0 Å². The monoisotopic (exact) mass is 292 g/mol. The Labute approximate surface area is 120 Å². The van der Waals surface area contributed by atoms with Crippen molar-refractivity contribution in [2.75, 3.05) is 6.61 Å². The van der Waals surface area contributed by atoms with Gasteiger partial charge in [0.05, 0.1) is 0 Å². The summed E-state index contributed by atoms with van der Waals surface area (Å²) in [5, 5.41) is 1.01. The number of hydrogen-bond donors (Lipinski definition) is 0. The second-order valence-corrected chi connectivity index (χ2v) is 4.96. The summed E-state index contributed by atoms with van der Waals surface area (Å²) in [4.78, 5) is 23.4. The van der Waals surface area contributed by atoms with Crippen molar-refractivity contribution < 1.29 is 13.9 Å². The van der Waals surface area contributed by atoms with E-state index in [2.05, 4.69) is 6.58 Å². The number of carbonyl (C=O) groups is 1. The Morgan fingerprint density at radius 1 is 1.45 bits per heavy atom. The summed E-state index contributed by atoms with van der Waals surface area (Å²) in [7, 11) is 0. The van der Waals surface area contributed by atoms with Crippen LogP contribution in [0.2, 0.25) is 0 Å². The largest absolute Gasteiger partial charge is 0.487 e. The lowest BCUT2D eigenvalue weighted by Gasteiger charge is -2.11. The molecule has 0 bridgehead atoms. The first kappa shape index (κ1) is 14.3. The van der Waals surface area contributed by atoms with Gasteiger partial charge in [0.1, 0.15) is 17.9 Å². The molecule has 2 rings (SSSR count). The standard InChI is InChI=1S/C15H13ClO4/c1-8-6-13(18)20-15-11(8)4-5-12(14(15)10(3)17)19-7-9(2)16/h4-6H,2,7H2,1,3H3. The molecule has 1 aromatic carbocycles. The molecule has 0 spiro atoms. The molecule has 104 valence electrons. The van der Waals surface area contributed by atoms with Crippen molar-refractivity contribution in [2.45, 2.75) is 13.8 Å². The summed E-state index contributed by atoms with van der Waals surface area (Å²) >= 11 is 5.65. The van der Waals surface area contributed by atoms with Gasteiger partial charge in [-0.3, -0.25) is 4.79 Å². The van der Waals surface area contributed by atoms with E-state index < -0.39 is 5.63 Å². The Hall–Kier alpha value is -2.07. The lowest BCUT2D eigenvalue weighted by Crippen LogP contribution is -2.06. The molecule has 0 saturated carbocycles. The van der Waals surface area contributed by atoms with Crippen molar-refractivity contribution in [1.29, 1.82) is 0 Å². The van der Waals surface area contributed by atoms with E-state index in [0.29, 0.717) is 16.2 Å². The predicted molar refractivity (Wildman–Crippen MR) is 77.7 cm³/mol. The van der Waals surface area contributed by atoms with E-state index in [1.807, 2.05) is 0 Å². The minimum Gasteiger partial charge on any atom is -0.487 e. The maximum Gasteiger partial charge on any atom is 0.336 e. The molecule has 4 nitrogen and oxygen atoms in total. The maximum atomic E-state index is 11.9. The van der Waals surface area contributed by atoms with Gasteiger partial charge in [0.15, 0.2) is 11.4 Å². The molecule has 0 aliphatic carbocycles. The van der Waals surface area contributed by atoms with Crippen LogP contribution in [0.1, 0.15) is 22.8 Å². The lowest BCUT2D eigenvalue weighted by atomic mass is 10.0. The average molecular weight is 293 g/mol. The zero-order valence-corrected chi connectivity index (χ0v) is 11.9. The summed E-state index contributed by atoms with van der Waals surface area (Å²) in [6.45, 7) is 6.76. The summed E-state index contributed by atoms with van der Waals surface area (Å²) in [6, 6.07) is 4.78. The first-order chi connectivity index (χ1) is 9.40. The third-order valence-electron chi connectivity index (χ3n) is 2.82. The molecular formula is C15H13ClO4. The summed E-state index contributed by atoms with van der Waals surface area (Å²) in [6.07, 6.45) is 0. The molecule has 0 radical (unpaired) electrons. The topological polar surface area (TPSA) is 56.5 Å². The van der Waals surface area contributed by atoms with E-state index >= 15 is 0 Å². The molecule has 5 heteroatoms. The number of benzene rings is 1. The number of ether oxygens (including phenoxy) is 1.